The number of hydrogen-bond donors (Lipinski definition) is 2. The first-order chi connectivity index (χ1) is 11.5. The Labute approximate surface area is 144 Å². The Hall–Kier alpha value is -2.69. The van der Waals surface area contributed by atoms with E-state index in [0.717, 1.165) is 35.8 Å². The molecule has 5 nitrogen and oxygen atoms in total. The van der Waals surface area contributed by atoms with Crippen molar-refractivity contribution in [1.82, 2.24) is 0 Å². The fourth-order valence-corrected chi connectivity index (χ4v) is 2.48. The van der Waals surface area contributed by atoms with E-state index < -0.39 is 0 Å². The second-order valence-electron chi connectivity index (χ2n) is 5.74. The molecule has 0 heterocycles. The van der Waals surface area contributed by atoms with Crippen molar-refractivity contribution in [3.05, 3.63) is 48.5 Å². The number of carbonyl (C=O) groups is 1. The lowest BCUT2D eigenvalue weighted by molar-refractivity contribution is 0.262. The Morgan fingerprint density at radius 3 is 1.58 bits per heavy atom. The Morgan fingerprint density at radius 1 is 0.792 bits per heavy atom. The minimum Gasteiger partial charge on any atom is -0.378 e. The van der Waals surface area contributed by atoms with Crippen LogP contribution in [-0.2, 0) is 0 Å². The normalized spacial score (nSPS) is 10.2. The summed E-state index contributed by atoms with van der Waals surface area (Å²) in [7, 11) is 3.97. The molecule has 0 saturated heterocycles. The fraction of sp³-hybridized carbons (Fsp3) is 0.316. The van der Waals surface area contributed by atoms with Crippen molar-refractivity contribution in [2.24, 2.45) is 0 Å². The zero-order valence-electron chi connectivity index (χ0n) is 14.8. The van der Waals surface area contributed by atoms with Gasteiger partial charge in [0.25, 0.3) is 0 Å². The van der Waals surface area contributed by atoms with Gasteiger partial charge in [0, 0.05) is 49.9 Å². The van der Waals surface area contributed by atoms with Crippen LogP contribution in [0, 0.1) is 0 Å². The first-order valence-electron chi connectivity index (χ1n) is 8.24. The number of urea groups is 1. The Morgan fingerprint density at radius 2 is 1.21 bits per heavy atom. The molecular weight excluding hydrogens is 300 g/mol. The lowest BCUT2D eigenvalue weighted by atomic mass is 10.2. The number of anilines is 4. The maximum Gasteiger partial charge on any atom is 0.323 e. The molecule has 2 amide bonds. The van der Waals surface area contributed by atoms with Crippen LogP contribution in [0.15, 0.2) is 48.5 Å². The molecule has 0 spiro atoms. The zero-order chi connectivity index (χ0) is 17.5. The van der Waals surface area contributed by atoms with Gasteiger partial charge in [0.2, 0.25) is 0 Å². The van der Waals surface area contributed by atoms with Crippen LogP contribution < -0.4 is 20.4 Å². The van der Waals surface area contributed by atoms with Gasteiger partial charge in [-0.05, 0) is 62.4 Å². The molecule has 0 atom stereocenters. The highest BCUT2D eigenvalue weighted by Crippen LogP contribution is 2.19. The summed E-state index contributed by atoms with van der Waals surface area (Å²) >= 11 is 0. The molecule has 0 aliphatic rings. The van der Waals surface area contributed by atoms with Crippen molar-refractivity contribution < 1.29 is 4.79 Å². The lowest BCUT2D eigenvalue weighted by Gasteiger charge is -2.21. The van der Waals surface area contributed by atoms with E-state index in [1.165, 1.54) is 0 Å². The maximum atomic E-state index is 12.1. The number of nitrogens with zero attached hydrogens (tertiary/aromatic N) is 2. The van der Waals surface area contributed by atoms with Crippen molar-refractivity contribution in [2.75, 3.05) is 47.6 Å². The highest BCUT2D eigenvalue weighted by Gasteiger charge is 2.05. The average molecular weight is 326 g/mol. The third kappa shape index (κ3) is 4.65. The Bertz CT molecular complexity index is 646. The van der Waals surface area contributed by atoms with Crippen LogP contribution in [0.2, 0.25) is 0 Å². The second kappa shape index (κ2) is 8.24. The molecule has 0 fully saturated rings. The zero-order valence-corrected chi connectivity index (χ0v) is 14.8. The summed E-state index contributed by atoms with van der Waals surface area (Å²) in [4.78, 5) is 16.4. The lowest BCUT2D eigenvalue weighted by Crippen LogP contribution is -2.22. The largest absolute Gasteiger partial charge is 0.378 e. The van der Waals surface area contributed by atoms with E-state index in [2.05, 4.69) is 29.4 Å². The molecular formula is C19H26N4O. The number of hydrogen-bond acceptors (Lipinski definition) is 3. The molecule has 0 aliphatic heterocycles. The summed E-state index contributed by atoms with van der Waals surface area (Å²) in [5.41, 5.74) is 3.78. The van der Waals surface area contributed by atoms with Gasteiger partial charge in [-0.15, -0.1) is 0 Å². The van der Waals surface area contributed by atoms with E-state index in [1.54, 1.807) is 0 Å². The summed E-state index contributed by atoms with van der Waals surface area (Å²) in [6.45, 7) is 6.19. The molecule has 0 aromatic heterocycles. The molecule has 0 bridgehead atoms. The topological polar surface area (TPSA) is 47.6 Å². The minimum absolute atomic E-state index is 0.247. The number of rotatable bonds is 6. The molecule has 0 unspecified atom stereocenters. The van der Waals surface area contributed by atoms with Crippen molar-refractivity contribution in [1.29, 1.82) is 0 Å². The van der Waals surface area contributed by atoms with E-state index in [4.69, 9.17) is 0 Å². The van der Waals surface area contributed by atoms with Crippen molar-refractivity contribution in [3.8, 4) is 0 Å². The van der Waals surface area contributed by atoms with Gasteiger partial charge in [-0.1, -0.05) is 0 Å². The summed E-state index contributed by atoms with van der Waals surface area (Å²) in [5.74, 6) is 0. The predicted octanol–water partition coefficient (Wildman–Crippen LogP) is 4.24. The molecule has 2 aromatic rings. The summed E-state index contributed by atoms with van der Waals surface area (Å²) in [6.07, 6.45) is 0. The molecule has 0 aliphatic carbocycles. The van der Waals surface area contributed by atoms with Gasteiger partial charge in [0.05, 0.1) is 0 Å². The highest BCUT2D eigenvalue weighted by atomic mass is 16.2. The van der Waals surface area contributed by atoms with Gasteiger partial charge in [-0.2, -0.15) is 0 Å². The van der Waals surface area contributed by atoms with Crippen LogP contribution in [0.5, 0.6) is 0 Å². The number of nitrogens with one attached hydrogen (secondary N) is 2. The SMILES string of the molecule is CCN(CC)c1ccc(NC(=O)Nc2ccc(N(C)C)cc2)cc1. The van der Waals surface area contributed by atoms with Crippen LogP contribution in [0.25, 0.3) is 0 Å². The molecule has 128 valence electrons. The molecule has 24 heavy (non-hydrogen) atoms. The van der Waals surface area contributed by atoms with Crippen LogP contribution in [0.4, 0.5) is 27.5 Å². The van der Waals surface area contributed by atoms with E-state index in [1.807, 2.05) is 67.5 Å². The third-order valence-corrected chi connectivity index (χ3v) is 3.90. The first-order valence-corrected chi connectivity index (χ1v) is 8.24. The van der Waals surface area contributed by atoms with Gasteiger partial charge in [0.1, 0.15) is 0 Å². The fourth-order valence-electron chi connectivity index (χ4n) is 2.48. The summed E-state index contributed by atoms with van der Waals surface area (Å²) < 4.78 is 0. The third-order valence-electron chi connectivity index (χ3n) is 3.90. The Kier molecular flexibility index (Phi) is 6.07. The first kappa shape index (κ1) is 17.7. The average Bonchev–Trinajstić information content (AvgIpc) is 2.58. The van der Waals surface area contributed by atoms with Crippen molar-refractivity contribution >= 4 is 28.8 Å². The molecule has 0 saturated carbocycles. The molecule has 2 rings (SSSR count). The number of amides is 2. The van der Waals surface area contributed by atoms with E-state index >= 15 is 0 Å². The minimum atomic E-state index is -0.247. The smallest absolute Gasteiger partial charge is 0.323 e. The van der Waals surface area contributed by atoms with Gasteiger partial charge in [-0.3, -0.25) is 0 Å². The van der Waals surface area contributed by atoms with Crippen molar-refractivity contribution in [2.45, 2.75) is 13.8 Å². The molecule has 2 N–H and O–H groups in total. The maximum absolute atomic E-state index is 12.1. The van der Waals surface area contributed by atoms with Crippen molar-refractivity contribution in [3.63, 3.8) is 0 Å². The van der Waals surface area contributed by atoms with E-state index in [0.29, 0.717) is 0 Å². The van der Waals surface area contributed by atoms with Gasteiger partial charge < -0.3 is 20.4 Å². The monoisotopic (exact) mass is 326 g/mol. The van der Waals surface area contributed by atoms with Gasteiger partial charge in [0.15, 0.2) is 0 Å². The van der Waals surface area contributed by atoms with Gasteiger partial charge in [-0.25, -0.2) is 4.79 Å². The summed E-state index contributed by atoms with van der Waals surface area (Å²) in [6, 6.07) is 15.3. The number of carbonyl (C=O) groups excluding carboxylic acids is 1. The Balaban J connectivity index is 1.94. The van der Waals surface area contributed by atoms with E-state index in [9.17, 15) is 4.79 Å². The predicted molar refractivity (Wildman–Crippen MR) is 103 cm³/mol. The van der Waals surface area contributed by atoms with Gasteiger partial charge >= 0.3 is 6.03 Å². The van der Waals surface area contributed by atoms with E-state index in [-0.39, 0.29) is 6.03 Å². The highest BCUT2D eigenvalue weighted by molar-refractivity contribution is 5.99. The van der Waals surface area contributed by atoms with Crippen LogP contribution in [-0.4, -0.2) is 33.2 Å². The standard InChI is InChI=1S/C19H26N4O/c1-5-23(6-2)18-13-9-16(10-14-18)21-19(24)20-15-7-11-17(12-8-15)22(3)4/h7-14H,5-6H2,1-4H3,(H2,20,21,24). The number of benzene rings is 2. The van der Waals surface area contributed by atoms with Crippen LogP contribution >= 0.6 is 0 Å². The van der Waals surface area contributed by atoms with Crippen LogP contribution in [0.3, 0.4) is 0 Å². The molecule has 2 aromatic carbocycles. The molecule has 5 heteroatoms. The molecule has 0 radical (unpaired) electrons. The second-order valence-corrected chi connectivity index (χ2v) is 5.74. The quantitative estimate of drug-likeness (QED) is 0.834. The summed E-state index contributed by atoms with van der Waals surface area (Å²) in [5, 5.41) is 5.69. The van der Waals surface area contributed by atoms with Crippen LogP contribution in [0.1, 0.15) is 13.8 Å².